The van der Waals surface area contributed by atoms with Gasteiger partial charge in [-0.05, 0) is 49.4 Å². The van der Waals surface area contributed by atoms with Gasteiger partial charge in [-0.15, -0.1) is 0 Å². The Morgan fingerprint density at radius 3 is 2.36 bits per heavy atom. The molecule has 25 heavy (non-hydrogen) atoms. The summed E-state index contributed by atoms with van der Waals surface area (Å²) in [5, 5.41) is 1.07. The highest BCUT2D eigenvalue weighted by molar-refractivity contribution is 7.91. The topological polar surface area (TPSA) is 42.3 Å². The number of rotatable bonds is 2. The number of fused-ring (bicyclic) bond motifs is 3. The first-order chi connectivity index (χ1) is 12.0. The van der Waals surface area contributed by atoms with Crippen LogP contribution in [0, 0.1) is 0 Å². The molecule has 4 nitrogen and oxygen atoms in total. The second-order valence-corrected chi connectivity index (χ2v) is 8.73. The van der Waals surface area contributed by atoms with Crippen molar-refractivity contribution in [3.63, 3.8) is 0 Å². The summed E-state index contributed by atoms with van der Waals surface area (Å²) in [6, 6.07) is 14.2. The lowest BCUT2D eigenvalue weighted by Crippen LogP contribution is -2.21. The van der Waals surface area contributed by atoms with E-state index in [0.29, 0.717) is 9.79 Å². The van der Waals surface area contributed by atoms with E-state index >= 15 is 0 Å². The maximum atomic E-state index is 13.0. The van der Waals surface area contributed by atoms with Crippen molar-refractivity contribution in [3.8, 4) is 0 Å². The molecule has 0 atom stereocenters. The predicted molar refractivity (Wildman–Crippen MR) is 99.7 cm³/mol. The average molecular weight is 354 g/mol. The molecule has 3 aromatic rings. The molecule has 0 fully saturated rings. The normalized spacial score (nSPS) is 15.9. The van der Waals surface area contributed by atoms with Gasteiger partial charge in [0.05, 0.1) is 9.79 Å². The monoisotopic (exact) mass is 354 g/mol. The molecule has 0 unspecified atom stereocenters. The molecule has 2 heterocycles. The molecular formula is C20H22N2O2S. The molecule has 2 aromatic carbocycles. The third kappa shape index (κ3) is 2.68. The van der Waals surface area contributed by atoms with Crippen LogP contribution in [-0.2, 0) is 29.7 Å². The van der Waals surface area contributed by atoms with E-state index in [-0.39, 0.29) is 0 Å². The van der Waals surface area contributed by atoms with Crippen molar-refractivity contribution in [3.05, 3.63) is 59.8 Å². The molecule has 0 saturated carbocycles. The first-order valence-electron chi connectivity index (χ1n) is 8.57. The third-order valence-electron chi connectivity index (χ3n) is 5.25. The van der Waals surface area contributed by atoms with Gasteiger partial charge < -0.3 is 9.47 Å². The van der Waals surface area contributed by atoms with Gasteiger partial charge in [0.2, 0.25) is 9.84 Å². The molecule has 1 aliphatic rings. The van der Waals surface area contributed by atoms with E-state index in [1.54, 1.807) is 30.3 Å². The average Bonchev–Trinajstić information content (AvgIpc) is 2.76. The second kappa shape index (κ2) is 6.00. The smallest absolute Gasteiger partial charge is 0.206 e. The van der Waals surface area contributed by atoms with Crippen LogP contribution in [0.25, 0.3) is 10.9 Å². The summed E-state index contributed by atoms with van der Waals surface area (Å²) in [4.78, 5) is 3.05. The highest BCUT2D eigenvalue weighted by atomic mass is 32.2. The zero-order valence-electron chi connectivity index (χ0n) is 14.6. The van der Waals surface area contributed by atoms with Crippen molar-refractivity contribution >= 4 is 20.7 Å². The van der Waals surface area contributed by atoms with Gasteiger partial charge in [0.1, 0.15) is 0 Å². The van der Waals surface area contributed by atoms with Gasteiger partial charge in [-0.25, -0.2) is 8.42 Å². The predicted octanol–water partition coefficient (Wildman–Crippen LogP) is 3.04. The largest absolute Gasteiger partial charge is 0.347 e. The molecule has 4 rings (SSSR count). The highest BCUT2D eigenvalue weighted by Gasteiger charge is 2.22. The van der Waals surface area contributed by atoms with E-state index in [9.17, 15) is 8.42 Å². The van der Waals surface area contributed by atoms with Crippen LogP contribution < -0.4 is 0 Å². The van der Waals surface area contributed by atoms with Gasteiger partial charge in [-0.2, -0.15) is 0 Å². The third-order valence-corrected chi connectivity index (χ3v) is 7.01. The minimum Gasteiger partial charge on any atom is -0.347 e. The van der Waals surface area contributed by atoms with Gasteiger partial charge in [0, 0.05) is 43.2 Å². The van der Waals surface area contributed by atoms with Crippen LogP contribution in [0.5, 0.6) is 0 Å². The minimum absolute atomic E-state index is 0.344. The lowest BCUT2D eigenvalue weighted by atomic mass is 10.1. The van der Waals surface area contributed by atoms with E-state index in [0.717, 1.165) is 36.8 Å². The molecule has 5 heteroatoms. The van der Waals surface area contributed by atoms with Gasteiger partial charge in [-0.1, -0.05) is 18.2 Å². The lowest BCUT2D eigenvalue weighted by Gasteiger charge is -2.12. The molecule has 0 bridgehead atoms. The molecule has 0 spiro atoms. The summed E-state index contributed by atoms with van der Waals surface area (Å²) in [6.45, 7) is 2.04. The van der Waals surface area contributed by atoms with Crippen molar-refractivity contribution in [2.75, 3.05) is 20.1 Å². The molecule has 130 valence electrons. The number of sulfone groups is 1. The summed E-state index contributed by atoms with van der Waals surface area (Å²) >= 11 is 0. The Morgan fingerprint density at radius 1 is 0.880 bits per heavy atom. The van der Waals surface area contributed by atoms with Gasteiger partial charge in [0.15, 0.2) is 0 Å². The van der Waals surface area contributed by atoms with Crippen molar-refractivity contribution < 1.29 is 8.42 Å². The van der Waals surface area contributed by atoms with Crippen LogP contribution in [0.15, 0.2) is 58.3 Å². The highest BCUT2D eigenvalue weighted by Crippen LogP contribution is 2.31. The fourth-order valence-corrected chi connectivity index (χ4v) is 5.07. The van der Waals surface area contributed by atoms with E-state index in [4.69, 9.17) is 0 Å². The SMILES string of the molecule is CN1CCc2c(n(C)c3ccc(S(=O)(=O)c4ccccc4)cc23)CC1. The Bertz CT molecular complexity index is 1040. The molecule has 0 saturated heterocycles. The summed E-state index contributed by atoms with van der Waals surface area (Å²) in [5.74, 6) is 0. The second-order valence-electron chi connectivity index (χ2n) is 6.78. The van der Waals surface area contributed by atoms with Crippen LogP contribution in [0.2, 0.25) is 0 Å². The maximum Gasteiger partial charge on any atom is 0.206 e. The van der Waals surface area contributed by atoms with Crippen LogP contribution in [0.4, 0.5) is 0 Å². The molecule has 0 radical (unpaired) electrons. The van der Waals surface area contributed by atoms with Gasteiger partial charge >= 0.3 is 0 Å². The van der Waals surface area contributed by atoms with Crippen LogP contribution in [0.3, 0.4) is 0 Å². The van der Waals surface area contributed by atoms with E-state index < -0.39 is 9.84 Å². The molecule has 0 amide bonds. The Labute approximate surface area is 148 Å². The van der Waals surface area contributed by atoms with Gasteiger partial charge in [-0.3, -0.25) is 0 Å². The first kappa shape index (κ1) is 16.4. The van der Waals surface area contributed by atoms with Crippen molar-refractivity contribution in [1.29, 1.82) is 0 Å². The Morgan fingerprint density at radius 2 is 1.60 bits per heavy atom. The van der Waals surface area contributed by atoms with Crippen LogP contribution >= 0.6 is 0 Å². The molecule has 1 aromatic heterocycles. The van der Waals surface area contributed by atoms with Crippen molar-refractivity contribution in [2.45, 2.75) is 22.6 Å². The molecular weight excluding hydrogens is 332 g/mol. The Hall–Kier alpha value is -2.11. The quantitative estimate of drug-likeness (QED) is 0.710. The Balaban J connectivity index is 1.89. The summed E-state index contributed by atoms with van der Waals surface area (Å²) in [7, 11) is 0.732. The zero-order chi connectivity index (χ0) is 17.6. The number of hydrogen-bond acceptors (Lipinski definition) is 3. The number of hydrogen-bond donors (Lipinski definition) is 0. The Kier molecular flexibility index (Phi) is 3.93. The van der Waals surface area contributed by atoms with E-state index in [2.05, 4.69) is 23.6 Å². The fourth-order valence-electron chi connectivity index (χ4n) is 3.76. The maximum absolute atomic E-state index is 13.0. The summed E-state index contributed by atoms with van der Waals surface area (Å²) in [6.07, 6.45) is 1.95. The molecule has 0 aliphatic carbocycles. The van der Waals surface area contributed by atoms with Crippen molar-refractivity contribution in [2.24, 2.45) is 7.05 Å². The number of likely N-dealkylation sites (N-methyl/N-ethyl adjacent to an activating group) is 1. The first-order valence-corrected chi connectivity index (χ1v) is 10.1. The fraction of sp³-hybridized carbons (Fsp3) is 0.300. The molecule has 1 aliphatic heterocycles. The lowest BCUT2D eigenvalue weighted by molar-refractivity contribution is 0.351. The van der Waals surface area contributed by atoms with Gasteiger partial charge in [0.25, 0.3) is 0 Å². The summed E-state index contributed by atoms with van der Waals surface area (Å²) in [5.41, 5.74) is 3.74. The van der Waals surface area contributed by atoms with Crippen molar-refractivity contribution in [1.82, 2.24) is 9.47 Å². The zero-order valence-corrected chi connectivity index (χ0v) is 15.4. The minimum atomic E-state index is -3.49. The van der Waals surface area contributed by atoms with E-state index in [1.807, 2.05) is 18.2 Å². The number of nitrogens with zero attached hydrogens (tertiary/aromatic N) is 2. The van der Waals surface area contributed by atoms with Crippen LogP contribution in [0.1, 0.15) is 11.3 Å². The number of aryl methyl sites for hydroxylation is 1. The standard InChI is InChI=1S/C20H22N2O2S/c1-21-12-10-17-18-14-16(25(23,24)15-6-4-3-5-7-15)8-9-19(18)22(2)20(17)11-13-21/h3-9,14H,10-13H2,1-2H3. The summed E-state index contributed by atoms with van der Waals surface area (Å²) < 4.78 is 28.1. The van der Waals surface area contributed by atoms with E-state index in [1.165, 1.54) is 11.3 Å². The number of aromatic nitrogens is 1. The number of benzene rings is 2. The van der Waals surface area contributed by atoms with Crippen LogP contribution in [-0.4, -0.2) is 38.0 Å². The molecule has 0 N–H and O–H groups in total.